The fourth-order valence-corrected chi connectivity index (χ4v) is 2.54. The van der Waals surface area contributed by atoms with Crippen molar-refractivity contribution < 1.29 is 4.52 Å². The lowest BCUT2D eigenvalue weighted by Gasteiger charge is -2.23. The summed E-state index contributed by atoms with van der Waals surface area (Å²) in [5.74, 6) is 1.32. The summed E-state index contributed by atoms with van der Waals surface area (Å²) in [5.41, 5.74) is 2.64. The summed E-state index contributed by atoms with van der Waals surface area (Å²) in [6.45, 7) is 2.44. The molecule has 1 N–H and O–H groups in total. The quantitative estimate of drug-likeness (QED) is 0.884. The van der Waals surface area contributed by atoms with Gasteiger partial charge in [0.2, 0.25) is 5.89 Å². The van der Waals surface area contributed by atoms with Crippen LogP contribution < -0.4 is 5.32 Å². The molecule has 6 nitrogen and oxygen atoms in total. The number of nitrogens with one attached hydrogen (secondary N) is 1. The average Bonchev–Trinajstić information content (AvgIpc) is 2.94. The Bertz CT molecular complexity index is 544. The third-order valence-electron chi connectivity index (χ3n) is 3.44. The molecule has 2 aromatic rings. The Morgan fingerprint density at radius 2 is 2.44 bits per heavy atom. The lowest BCUT2D eigenvalue weighted by molar-refractivity contribution is 0.347. The summed E-state index contributed by atoms with van der Waals surface area (Å²) in [7, 11) is 2.00. The highest BCUT2D eigenvalue weighted by Gasteiger charge is 2.23. The Kier molecular flexibility index (Phi) is 2.87. The Balaban J connectivity index is 1.71. The normalized spacial score (nSPS) is 18.9. The molecule has 1 aliphatic rings. The first kappa shape index (κ1) is 11.4. The summed E-state index contributed by atoms with van der Waals surface area (Å²) in [5, 5.41) is 11.6. The molecule has 0 bridgehead atoms. The average molecular weight is 247 g/mol. The van der Waals surface area contributed by atoms with Crippen LogP contribution in [0.2, 0.25) is 0 Å². The molecule has 2 aromatic heterocycles. The van der Waals surface area contributed by atoms with Gasteiger partial charge in [0.05, 0.1) is 12.7 Å². The zero-order chi connectivity index (χ0) is 12.5. The minimum Gasteiger partial charge on any atom is -0.338 e. The molecule has 0 fully saturated rings. The molecule has 0 aromatic carbocycles. The Hall–Kier alpha value is -1.69. The van der Waals surface area contributed by atoms with Crippen LogP contribution in [0.15, 0.2) is 10.7 Å². The van der Waals surface area contributed by atoms with Gasteiger partial charge in [-0.1, -0.05) is 5.16 Å². The van der Waals surface area contributed by atoms with Gasteiger partial charge < -0.3 is 9.84 Å². The van der Waals surface area contributed by atoms with Crippen molar-refractivity contribution in [2.24, 2.45) is 7.05 Å². The van der Waals surface area contributed by atoms with Gasteiger partial charge >= 0.3 is 0 Å². The molecule has 0 aliphatic heterocycles. The van der Waals surface area contributed by atoms with Crippen LogP contribution in [0.3, 0.4) is 0 Å². The molecule has 0 saturated carbocycles. The van der Waals surface area contributed by atoms with Gasteiger partial charge in [0.1, 0.15) is 0 Å². The van der Waals surface area contributed by atoms with E-state index < -0.39 is 0 Å². The zero-order valence-corrected chi connectivity index (χ0v) is 10.7. The first-order chi connectivity index (χ1) is 8.74. The van der Waals surface area contributed by atoms with Gasteiger partial charge in [-0.25, -0.2) is 0 Å². The second kappa shape index (κ2) is 4.53. The van der Waals surface area contributed by atoms with Crippen molar-refractivity contribution in [1.82, 2.24) is 25.2 Å². The topological polar surface area (TPSA) is 68.8 Å². The van der Waals surface area contributed by atoms with Crippen molar-refractivity contribution in [3.63, 3.8) is 0 Å². The predicted octanol–water partition coefficient (Wildman–Crippen LogP) is 1.28. The Morgan fingerprint density at radius 3 is 3.22 bits per heavy atom. The molecule has 0 saturated heterocycles. The number of fused-ring (bicyclic) bond motifs is 1. The van der Waals surface area contributed by atoms with E-state index in [-0.39, 0.29) is 0 Å². The highest BCUT2D eigenvalue weighted by molar-refractivity contribution is 5.24. The van der Waals surface area contributed by atoms with Gasteiger partial charge in [0.25, 0.3) is 0 Å². The van der Waals surface area contributed by atoms with Crippen LogP contribution in [-0.2, 0) is 20.0 Å². The van der Waals surface area contributed by atoms with E-state index in [2.05, 4.69) is 20.6 Å². The molecule has 0 radical (unpaired) electrons. The lowest BCUT2D eigenvalue weighted by Crippen LogP contribution is -2.25. The summed E-state index contributed by atoms with van der Waals surface area (Å²) >= 11 is 0. The molecule has 18 heavy (non-hydrogen) atoms. The predicted molar refractivity (Wildman–Crippen MR) is 64.8 cm³/mol. The maximum atomic E-state index is 5.10. The SMILES string of the molecule is Cc1noc(CNC2CCCc3c2cnn3C)n1. The Morgan fingerprint density at radius 1 is 1.56 bits per heavy atom. The second-order valence-electron chi connectivity index (χ2n) is 4.73. The van der Waals surface area contributed by atoms with Crippen molar-refractivity contribution in [3.8, 4) is 0 Å². The molecule has 1 atom stereocenters. The second-order valence-corrected chi connectivity index (χ2v) is 4.73. The molecule has 6 heteroatoms. The highest BCUT2D eigenvalue weighted by Crippen LogP contribution is 2.29. The summed E-state index contributed by atoms with van der Waals surface area (Å²) in [4.78, 5) is 4.20. The monoisotopic (exact) mass is 247 g/mol. The van der Waals surface area contributed by atoms with Crippen LogP contribution in [0, 0.1) is 6.92 Å². The molecule has 0 spiro atoms. The maximum Gasteiger partial charge on any atom is 0.240 e. The number of aryl methyl sites for hydroxylation is 2. The molecule has 3 rings (SSSR count). The van der Waals surface area contributed by atoms with Crippen molar-refractivity contribution in [2.45, 2.75) is 38.8 Å². The number of hydrogen-bond acceptors (Lipinski definition) is 5. The van der Waals surface area contributed by atoms with E-state index in [4.69, 9.17) is 4.52 Å². The van der Waals surface area contributed by atoms with E-state index in [1.807, 2.05) is 24.9 Å². The Labute approximate surface area is 105 Å². The van der Waals surface area contributed by atoms with Gasteiger partial charge in [-0.05, 0) is 26.2 Å². The van der Waals surface area contributed by atoms with Crippen LogP contribution >= 0.6 is 0 Å². The van der Waals surface area contributed by atoms with Crippen LogP contribution in [0.1, 0.15) is 41.9 Å². The molecule has 96 valence electrons. The fraction of sp³-hybridized carbons (Fsp3) is 0.583. The molecule has 0 amide bonds. The van der Waals surface area contributed by atoms with Crippen LogP contribution in [0.4, 0.5) is 0 Å². The number of hydrogen-bond donors (Lipinski definition) is 1. The number of nitrogens with zero attached hydrogens (tertiary/aromatic N) is 4. The van der Waals surface area contributed by atoms with Crippen molar-refractivity contribution in [2.75, 3.05) is 0 Å². The first-order valence-electron chi connectivity index (χ1n) is 6.27. The summed E-state index contributed by atoms with van der Waals surface area (Å²) in [6.07, 6.45) is 5.40. The minimum atomic E-state index is 0.342. The van der Waals surface area contributed by atoms with Gasteiger partial charge in [-0.15, -0.1) is 0 Å². The molecule has 2 heterocycles. The van der Waals surface area contributed by atoms with E-state index >= 15 is 0 Å². The van der Waals surface area contributed by atoms with Crippen molar-refractivity contribution in [3.05, 3.63) is 29.2 Å². The minimum absolute atomic E-state index is 0.342. The number of aromatic nitrogens is 4. The molecular weight excluding hydrogens is 230 g/mol. The van der Waals surface area contributed by atoms with E-state index in [0.717, 1.165) is 12.8 Å². The summed E-state index contributed by atoms with van der Waals surface area (Å²) < 4.78 is 7.08. The first-order valence-corrected chi connectivity index (χ1v) is 6.27. The van der Waals surface area contributed by atoms with Gasteiger partial charge in [-0.3, -0.25) is 4.68 Å². The molecule has 1 aliphatic carbocycles. The van der Waals surface area contributed by atoms with E-state index in [1.165, 1.54) is 17.7 Å². The van der Waals surface area contributed by atoms with E-state index in [9.17, 15) is 0 Å². The van der Waals surface area contributed by atoms with Gasteiger partial charge in [0, 0.05) is 24.3 Å². The highest BCUT2D eigenvalue weighted by atomic mass is 16.5. The maximum absolute atomic E-state index is 5.10. The third-order valence-corrected chi connectivity index (χ3v) is 3.44. The van der Waals surface area contributed by atoms with Gasteiger partial charge in [-0.2, -0.15) is 10.1 Å². The van der Waals surface area contributed by atoms with E-state index in [1.54, 1.807) is 0 Å². The van der Waals surface area contributed by atoms with Crippen LogP contribution in [0.25, 0.3) is 0 Å². The van der Waals surface area contributed by atoms with E-state index in [0.29, 0.717) is 24.3 Å². The van der Waals surface area contributed by atoms with Crippen LogP contribution in [-0.4, -0.2) is 19.9 Å². The largest absolute Gasteiger partial charge is 0.338 e. The summed E-state index contributed by atoms with van der Waals surface area (Å²) in [6, 6.07) is 0.342. The van der Waals surface area contributed by atoms with Crippen molar-refractivity contribution in [1.29, 1.82) is 0 Å². The van der Waals surface area contributed by atoms with Crippen LogP contribution in [0.5, 0.6) is 0 Å². The standard InChI is InChI=1S/C12H17N5O/c1-8-15-12(18-16-8)7-13-10-4-3-5-11-9(10)6-14-17(11)2/h6,10,13H,3-5,7H2,1-2H3. The molecule has 1 unspecified atom stereocenters. The molecular formula is C12H17N5O. The number of rotatable bonds is 3. The third kappa shape index (κ3) is 2.03. The lowest BCUT2D eigenvalue weighted by atomic mass is 9.93. The fourth-order valence-electron chi connectivity index (χ4n) is 2.54. The zero-order valence-electron chi connectivity index (χ0n) is 10.7. The van der Waals surface area contributed by atoms with Gasteiger partial charge in [0.15, 0.2) is 5.82 Å². The van der Waals surface area contributed by atoms with Crippen molar-refractivity contribution >= 4 is 0 Å². The smallest absolute Gasteiger partial charge is 0.240 e.